The number of nitrogens with one attached hydrogen (secondary N) is 1. The van der Waals surface area contributed by atoms with Gasteiger partial charge in [-0.2, -0.15) is 0 Å². The Morgan fingerprint density at radius 2 is 2.16 bits per heavy atom. The lowest BCUT2D eigenvalue weighted by molar-refractivity contribution is -0.116. The van der Waals surface area contributed by atoms with Crippen LogP contribution in [0.15, 0.2) is 36.4 Å². The molecule has 4 nitrogen and oxygen atoms in total. The average molecular weight is 363 g/mol. The van der Waals surface area contributed by atoms with Gasteiger partial charge in [0.25, 0.3) is 0 Å². The van der Waals surface area contributed by atoms with E-state index in [1.807, 2.05) is 0 Å². The minimum Gasteiger partial charge on any atom is -0.495 e. The van der Waals surface area contributed by atoms with E-state index in [2.05, 4.69) is 10.2 Å². The third-order valence-corrected chi connectivity index (χ3v) is 4.54. The monoisotopic (exact) mass is 362 g/mol. The Morgan fingerprint density at radius 1 is 1.32 bits per heavy atom. The Kier molecular flexibility index (Phi) is 5.43. The highest BCUT2D eigenvalue weighted by atomic mass is 35.5. The standard InChI is InChI=1S/C19H20ClFN2O2/c1-25-18-7-4-14(20)12-16(18)22-19(24)8-10-23-9-2-3-13-11-15(21)5-6-17(13)23/h4-7,11-12H,2-3,8-10H2,1H3,(H,22,24). The van der Waals surface area contributed by atoms with Crippen LogP contribution in [0.1, 0.15) is 18.4 Å². The molecule has 0 spiro atoms. The van der Waals surface area contributed by atoms with E-state index in [1.54, 1.807) is 37.4 Å². The van der Waals surface area contributed by atoms with Crippen molar-refractivity contribution in [3.63, 3.8) is 0 Å². The van der Waals surface area contributed by atoms with Crippen LogP contribution in [0.25, 0.3) is 0 Å². The molecule has 1 amide bonds. The number of fused-ring (bicyclic) bond motifs is 1. The number of ether oxygens (including phenoxy) is 1. The molecule has 3 rings (SSSR count). The number of methoxy groups -OCH3 is 1. The lowest BCUT2D eigenvalue weighted by Gasteiger charge is -2.31. The van der Waals surface area contributed by atoms with Gasteiger partial charge in [0.2, 0.25) is 5.91 Å². The SMILES string of the molecule is COc1ccc(Cl)cc1NC(=O)CCN1CCCc2cc(F)ccc21. The summed E-state index contributed by atoms with van der Waals surface area (Å²) in [7, 11) is 1.54. The number of amides is 1. The molecule has 0 fully saturated rings. The number of carbonyl (C=O) groups excluding carboxylic acids is 1. The highest BCUT2D eigenvalue weighted by molar-refractivity contribution is 6.31. The van der Waals surface area contributed by atoms with E-state index >= 15 is 0 Å². The van der Waals surface area contributed by atoms with Crippen molar-refractivity contribution in [2.75, 3.05) is 30.4 Å². The molecule has 0 aromatic heterocycles. The molecule has 1 aliphatic heterocycles. The Labute approximate surface area is 151 Å². The van der Waals surface area contributed by atoms with Crippen LogP contribution in [-0.2, 0) is 11.2 Å². The zero-order chi connectivity index (χ0) is 17.8. The van der Waals surface area contributed by atoms with Crippen LogP contribution in [0, 0.1) is 5.82 Å². The third kappa shape index (κ3) is 4.23. The zero-order valence-electron chi connectivity index (χ0n) is 14.0. The van der Waals surface area contributed by atoms with Crippen molar-refractivity contribution >= 4 is 28.9 Å². The van der Waals surface area contributed by atoms with Gasteiger partial charge in [-0.15, -0.1) is 0 Å². The van der Waals surface area contributed by atoms with Crippen LogP contribution in [0.4, 0.5) is 15.8 Å². The molecule has 132 valence electrons. The maximum atomic E-state index is 13.4. The molecule has 0 saturated carbocycles. The van der Waals surface area contributed by atoms with Crippen molar-refractivity contribution in [3.05, 3.63) is 52.8 Å². The molecule has 1 heterocycles. The Bertz CT molecular complexity index is 782. The van der Waals surface area contributed by atoms with Crippen LogP contribution < -0.4 is 15.0 Å². The Balaban J connectivity index is 1.63. The van der Waals surface area contributed by atoms with Crippen molar-refractivity contribution in [3.8, 4) is 5.75 Å². The van der Waals surface area contributed by atoms with E-state index < -0.39 is 0 Å². The maximum absolute atomic E-state index is 13.4. The summed E-state index contributed by atoms with van der Waals surface area (Å²) in [5.41, 5.74) is 2.57. The van der Waals surface area contributed by atoms with E-state index in [1.165, 1.54) is 6.07 Å². The molecular weight excluding hydrogens is 343 g/mol. The van der Waals surface area contributed by atoms with Gasteiger partial charge < -0.3 is 15.0 Å². The molecule has 2 aromatic carbocycles. The molecule has 0 radical (unpaired) electrons. The average Bonchev–Trinajstić information content (AvgIpc) is 2.59. The van der Waals surface area contributed by atoms with Gasteiger partial charge in [0, 0.05) is 30.2 Å². The highest BCUT2D eigenvalue weighted by Crippen LogP contribution is 2.29. The summed E-state index contributed by atoms with van der Waals surface area (Å²) in [6.45, 7) is 1.44. The van der Waals surface area contributed by atoms with Gasteiger partial charge in [0.15, 0.2) is 0 Å². The van der Waals surface area contributed by atoms with E-state index in [4.69, 9.17) is 16.3 Å². The predicted molar refractivity (Wildman–Crippen MR) is 98.2 cm³/mol. The lowest BCUT2D eigenvalue weighted by Crippen LogP contribution is -2.32. The first kappa shape index (κ1) is 17.5. The van der Waals surface area contributed by atoms with Gasteiger partial charge in [-0.25, -0.2) is 4.39 Å². The summed E-state index contributed by atoms with van der Waals surface area (Å²) in [4.78, 5) is 14.4. The fraction of sp³-hybridized carbons (Fsp3) is 0.316. The predicted octanol–water partition coefficient (Wildman–Crippen LogP) is 4.27. The Morgan fingerprint density at radius 3 is 2.96 bits per heavy atom. The molecule has 2 aromatic rings. The number of benzene rings is 2. The van der Waals surface area contributed by atoms with Gasteiger partial charge in [-0.05, 0) is 54.8 Å². The van der Waals surface area contributed by atoms with E-state index in [0.717, 1.165) is 30.6 Å². The zero-order valence-corrected chi connectivity index (χ0v) is 14.8. The second-order valence-electron chi connectivity index (χ2n) is 6.01. The summed E-state index contributed by atoms with van der Waals surface area (Å²) < 4.78 is 18.6. The minimum absolute atomic E-state index is 0.116. The summed E-state index contributed by atoms with van der Waals surface area (Å²) in [6.07, 6.45) is 2.15. The minimum atomic E-state index is -0.216. The summed E-state index contributed by atoms with van der Waals surface area (Å²) in [5.74, 6) is 0.234. The van der Waals surface area contributed by atoms with Gasteiger partial charge in [0.05, 0.1) is 12.8 Å². The second kappa shape index (κ2) is 7.74. The number of nitrogens with zero attached hydrogens (tertiary/aromatic N) is 1. The lowest BCUT2D eigenvalue weighted by atomic mass is 10.0. The topological polar surface area (TPSA) is 41.6 Å². The Hall–Kier alpha value is -2.27. The molecule has 1 N–H and O–H groups in total. The van der Waals surface area contributed by atoms with Crippen molar-refractivity contribution in [1.82, 2.24) is 0 Å². The number of anilines is 2. The van der Waals surface area contributed by atoms with Crippen molar-refractivity contribution in [2.24, 2.45) is 0 Å². The molecule has 6 heteroatoms. The van der Waals surface area contributed by atoms with Crippen LogP contribution in [0.3, 0.4) is 0 Å². The van der Waals surface area contributed by atoms with Crippen LogP contribution in [0.5, 0.6) is 5.75 Å². The van der Waals surface area contributed by atoms with Crippen LogP contribution in [-0.4, -0.2) is 26.1 Å². The molecule has 25 heavy (non-hydrogen) atoms. The van der Waals surface area contributed by atoms with E-state index in [9.17, 15) is 9.18 Å². The normalized spacial score (nSPS) is 13.3. The van der Waals surface area contributed by atoms with Crippen molar-refractivity contribution in [1.29, 1.82) is 0 Å². The molecule has 1 aliphatic rings. The van der Waals surface area contributed by atoms with Crippen molar-refractivity contribution < 1.29 is 13.9 Å². The van der Waals surface area contributed by atoms with Crippen LogP contribution >= 0.6 is 11.6 Å². The van der Waals surface area contributed by atoms with Gasteiger partial charge in [-0.3, -0.25) is 4.79 Å². The van der Waals surface area contributed by atoms with Gasteiger partial charge >= 0.3 is 0 Å². The van der Waals surface area contributed by atoms with Gasteiger partial charge in [0.1, 0.15) is 11.6 Å². The number of hydrogen-bond donors (Lipinski definition) is 1. The van der Waals surface area contributed by atoms with Crippen LogP contribution in [0.2, 0.25) is 5.02 Å². The molecule has 0 unspecified atom stereocenters. The second-order valence-corrected chi connectivity index (χ2v) is 6.44. The summed E-state index contributed by atoms with van der Waals surface area (Å²) in [6, 6.07) is 9.93. The largest absolute Gasteiger partial charge is 0.495 e. The first-order valence-electron chi connectivity index (χ1n) is 8.23. The van der Waals surface area contributed by atoms with Crippen molar-refractivity contribution in [2.45, 2.75) is 19.3 Å². The number of halogens is 2. The number of aryl methyl sites for hydroxylation is 1. The van der Waals surface area contributed by atoms with Gasteiger partial charge in [-0.1, -0.05) is 11.6 Å². The number of hydrogen-bond acceptors (Lipinski definition) is 3. The smallest absolute Gasteiger partial charge is 0.226 e. The quantitative estimate of drug-likeness (QED) is 0.863. The molecule has 0 bridgehead atoms. The molecule has 0 saturated heterocycles. The summed E-state index contributed by atoms with van der Waals surface area (Å²) in [5, 5.41) is 3.37. The molecule has 0 aliphatic carbocycles. The fourth-order valence-corrected chi connectivity index (χ4v) is 3.28. The number of rotatable bonds is 5. The maximum Gasteiger partial charge on any atom is 0.226 e. The summed E-state index contributed by atoms with van der Waals surface area (Å²) >= 11 is 5.98. The fourth-order valence-electron chi connectivity index (χ4n) is 3.10. The van der Waals surface area contributed by atoms with E-state index in [0.29, 0.717) is 29.4 Å². The highest BCUT2D eigenvalue weighted by Gasteiger charge is 2.18. The first-order valence-corrected chi connectivity index (χ1v) is 8.61. The number of carbonyl (C=O) groups is 1. The third-order valence-electron chi connectivity index (χ3n) is 4.30. The van der Waals surface area contributed by atoms with E-state index in [-0.39, 0.29) is 11.7 Å². The molecule has 0 atom stereocenters. The molecular formula is C19H20ClFN2O2. The first-order chi connectivity index (χ1) is 12.1.